The number of benzene rings is 1. The number of carbonyl (C=O) groups is 1. The predicted molar refractivity (Wildman–Crippen MR) is 138 cm³/mol. The van der Waals surface area contributed by atoms with E-state index in [0.717, 1.165) is 12.0 Å². The molecule has 0 unspecified atom stereocenters. The first kappa shape index (κ1) is 28.9. The Balaban J connectivity index is 2.18. The number of hydrogen-bond acceptors (Lipinski definition) is 5. The van der Waals surface area contributed by atoms with Crippen LogP contribution >= 0.6 is 0 Å². The van der Waals surface area contributed by atoms with Gasteiger partial charge in [-0.3, -0.25) is 4.79 Å². The summed E-state index contributed by atoms with van der Waals surface area (Å²) in [7, 11) is 0. The summed E-state index contributed by atoms with van der Waals surface area (Å²) in [5, 5.41) is 29.7. The van der Waals surface area contributed by atoms with Gasteiger partial charge < -0.3 is 20.1 Å². The van der Waals surface area contributed by atoms with Crippen LogP contribution in [0.2, 0.25) is 0 Å². The minimum atomic E-state index is -0.961. The molecule has 1 aromatic rings. The summed E-state index contributed by atoms with van der Waals surface area (Å²) in [5.74, 6) is -0.469. The normalized spacial score (nSPS) is 14.7. The van der Waals surface area contributed by atoms with Crippen molar-refractivity contribution in [2.24, 2.45) is 0 Å². The third-order valence-electron chi connectivity index (χ3n) is 4.70. The molecule has 0 fully saturated rings. The molecule has 0 aliphatic heterocycles. The molecule has 5 heteroatoms. The van der Waals surface area contributed by atoms with E-state index in [1.54, 1.807) is 6.08 Å². The highest BCUT2D eigenvalue weighted by Gasteiger charge is 2.09. The van der Waals surface area contributed by atoms with Gasteiger partial charge in [0.2, 0.25) is 0 Å². The number of esters is 1. The minimum Gasteiger partial charge on any atom is -0.510 e. The lowest BCUT2D eigenvalue weighted by molar-refractivity contribution is -0.144. The predicted octanol–water partition coefficient (Wildman–Crippen LogP) is 6.04. The highest BCUT2D eigenvalue weighted by Crippen LogP contribution is 2.09. The Labute approximate surface area is 203 Å². The molecular formula is C29H38O5. The first-order valence-electron chi connectivity index (χ1n) is 11.8. The Morgan fingerprint density at radius 3 is 2.38 bits per heavy atom. The van der Waals surface area contributed by atoms with Crippen molar-refractivity contribution >= 4 is 5.97 Å². The van der Waals surface area contributed by atoms with Gasteiger partial charge in [0.25, 0.3) is 0 Å². The van der Waals surface area contributed by atoms with Crippen LogP contribution in [-0.2, 0) is 16.1 Å². The topological polar surface area (TPSA) is 87.0 Å². The summed E-state index contributed by atoms with van der Waals surface area (Å²) in [4.78, 5) is 11.8. The van der Waals surface area contributed by atoms with Crippen LogP contribution in [0.15, 0.2) is 103 Å². The van der Waals surface area contributed by atoms with Crippen molar-refractivity contribution in [2.45, 2.75) is 64.3 Å². The number of carbonyl (C=O) groups excluding carboxylic acids is 1. The van der Waals surface area contributed by atoms with Gasteiger partial charge >= 0.3 is 5.97 Å². The fourth-order valence-electron chi connectivity index (χ4n) is 2.79. The number of rotatable bonds is 16. The average Bonchev–Trinajstić information content (AvgIpc) is 2.84. The highest BCUT2D eigenvalue weighted by molar-refractivity contribution is 5.69. The number of hydrogen-bond donors (Lipinski definition) is 3. The fourth-order valence-corrected chi connectivity index (χ4v) is 2.79. The van der Waals surface area contributed by atoms with Gasteiger partial charge in [0.1, 0.15) is 18.5 Å². The molecule has 0 spiro atoms. The van der Waals surface area contributed by atoms with Crippen molar-refractivity contribution in [3.63, 3.8) is 0 Å². The molecule has 0 aliphatic rings. The van der Waals surface area contributed by atoms with Crippen molar-refractivity contribution in [1.29, 1.82) is 0 Å². The third-order valence-corrected chi connectivity index (χ3v) is 4.70. The molecule has 3 N–H and O–H groups in total. The van der Waals surface area contributed by atoms with Crippen LogP contribution in [0.5, 0.6) is 0 Å². The van der Waals surface area contributed by atoms with Gasteiger partial charge in [0, 0.05) is 6.42 Å². The van der Waals surface area contributed by atoms with Crippen LogP contribution in [0.4, 0.5) is 0 Å². The van der Waals surface area contributed by atoms with E-state index in [2.05, 4.69) is 6.92 Å². The minimum absolute atomic E-state index is 0.123. The third kappa shape index (κ3) is 15.6. The van der Waals surface area contributed by atoms with E-state index in [1.165, 1.54) is 6.08 Å². The van der Waals surface area contributed by atoms with Crippen molar-refractivity contribution < 1.29 is 24.9 Å². The van der Waals surface area contributed by atoms with Crippen LogP contribution in [-0.4, -0.2) is 33.5 Å². The summed E-state index contributed by atoms with van der Waals surface area (Å²) in [6, 6.07) is 9.43. The Morgan fingerprint density at radius 2 is 1.65 bits per heavy atom. The van der Waals surface area contributed by atoms with Crippen LogP contribution in [0.1, 0.15) is 51.0 Å². The Bertz CT molecular complexity index is 847. The van der Waals surface area contributed by atoms with Crippen LogP contribution in [0.3, 0.4) is 0 Å². The first-order chi connectivity index (χ1) is 16.5. The van der Waals surface area contributed by atoms with Gasteiger partial charge in [0.05, 0.1) is 6.10 Å². The molecule has 0 amide bonds. The average molecular weight is 467 g/mol. The lowest BCUT2D eigenvalue weighted by Gasteiger charge is -2.08. The van der Waals surface area contributed by atoms with Gasteiger partial charge in [-0.05, 0) is 43.7 Å². The number of ether oxygens (including phenoxy) is 1. The molecule has 1 aromatic carbocycles. The molecule has 5 nitrogen and oxygen atoms in total. The van der Waals surface area contributed by atoms with E-state index in [9.17, 15) is 20.1 Å². The second kappa shape index (κ2) is 19.3. The van der Waals surface area contributed by atoms with Gasteiger partial charge in [-0.15, -0.1) is 0 Å². The molecule has 0 radical (unpaired) electrons. The van der Waals surface area contributed by atoms with Gasteiger partial charge in [0.15, 0.2) is 0 Å². The summed E-state index contributed by atoms with van der Waals surface area (Å²) < 4.78 is 5.18. The van der Waals surface area contributed by atoms with E-state index < -0.39 is 12.2 Å². The van der Waals surface area contributed by atoms with Crippen molar-refractivity contribution in [3.05, 3.63) is 108 Å². The maximum Gasteiger partial charge on any atom is 0.306 e. The van der Waals surface area contributed by atoms with Gasteiger partial charge in [-0.2, -0.15) is 0 Å². The molecule has 0 saturated heterocycles. The lowest BCUT2D eigenvalue weighted by Crippen LogP contribution is -2.10. The van der Waals surface area contributed by atoms with E-state index in [0.29, 0.717) is 25.7 Å². The fraction of sp³-hybridized carbons (Fsp3) is 0.345. The molecule has 2 atom stereocenters. The summed E-state index contributed by atoms with van der Waals surface area (Å²) in [6.07, 6.45) is 21.9. The van der Waals surface area contributed by atoms with Gasteiger partial charge in [-0.25, -0.2) is 0 Å². The molecule has 184 valence electrons. The largest absolute Gasteiger partial charge is 0.510 e. The molecular weight excluding hydrogens is 428 g/mol. The second-order valence-corrected chi connectivity index (χ2v) is 7.67. The van der Waals surface area contributed by atoms with Crippen LogP contribution < -0.4 is 0 Å². The summed E-state index contributed by atoms with van der Waals surface area (Å²) >= 11 is 0. The molecule has 0 aliphatic carbocycles. The maximum atomic E-state index is 11.8. The lowest BCUT2D eigenvalue weighted by atomic mass is 10.1. The second-order valence-electron chi connectivity index (χ2n) is 7.67. The van der Waals surface area contributed by atoms with Gasteiger partial charge in [-0.1, -0.05) is 98.0 Å². The number of aliphatic hydroxyl groups is 3. The molecule has 0 heterocycles. The maximum absolute atomic E-state index is 11.8. The molecule has 1 rings (SSSR count). The first-order valence-corrected chi connectivity index (χ1v) is 11.8. The SMILES string of the molecule is CC/C=C\C[C@H](O)/C=C/C=C/C=C\C=C\CC[C@@H](O)/C(O)=C\CCC(=O)OCc1ccccc1. The molecule has 0 saturated carbocycles. The van der Waals surface area contributed by atoms with Crippen molar-refractivity contribution in [2.75, 3.05) is 0 Å². The van der Waals surface area contributed by atoms with E-state index in [1.807, 2.05) is 85.0 Å². The smallest absolute Gasteiger partial charge is 0.306 e. The Hall–Kier alpha value is -3.15. The number of aliphatic hydroxyl groups excluding tert-OH is 3. The summed E-state index contributed by atoms with van der Waals surface area (Å²) in [6.45, 7) is 2.29. The zero-order valence-corrected chi connectivity index (χ0v) is 20.0. The molecule has 0 bridgehead atoms. The quantitative estimate of drug-likeness (QED) is 0.120. The standard InChI is InChI=1S/C29H38O5/c1-2-3-11-19-26(30)20-14-8-6-4-5-7-9-15-21-27(31)28(32)22-16-23-29(33)34-24-25-17-12-10-13-18-25/h3-14,17-18,20,22,26-27,30-32H,2,15-16,19,21,23-24H2,1H3/b5-4-,8-6+,9-7+,11-3-,20-14+,28-22+/t26-,27+/m0/s1. The monoisotopic (exact) mass is 466 g/mol. The zero-order valence-electron chi connectivity index (χ0n) is 20.0. The van der Waals surface area contributed by atoms with Crippen LogP contribution in [0.25, 0.3) is 0 Å². The zero-order chi connectivity index (χ0) is 24.9. The van der Waals surface area contributed by atoms with E-state index >= 15 is 0 Å². The van der Waals surface area contributed by atoms with Crippen molar-refractivity contribution in [1.82, 2.24) is 0 Å². The van der Waals surface area contributed by atoms with E-state index in [-0.39, 0.29) is 24.8 Å². The van der Waals surface area contributed by atoms with Crippen molar-refractivity contribution in [3.8, 4) is 0 Å². The highest BCUT2D eigenvalue weighted by atomic mass is 16.5. The van der Waals surface area contributed by atoms with E-state index in [4.69, 9.17) is 4.74 Å². The summed E-state index contributed by atoms with van der Waals surface area (Å²) in [5.41, 5.74) is 0.922. The molecule has 34 heavy (non-hydrogen) atoms. The molecule has 0 aromatic heterocycles. The van der Waals surface area contributed by atoms with Crippen LogP contribution in [0, 0.1) is 0 Å². The Kier molecular flexibility index (Phi) is 16.4. The number of allylic oxidation sites excluding steroid dienone is 9. The Morgan fingerprint density at radius 1 is 0.941 bits per heavy atom.